The van der Waals surface area contributed by atoms with Crippen LogP contribution in [-0.2, 0) is 20.9 Å². The number of hydrogen-bond acceptors (Lipinski definition) is 12. The van der Waals surface area contributed by atoms with Crippen LogP contribution in [0.25, 0.3) is 32.6 Å². The average molecular weight is 1070 g/mol. The van der Waals surface area contributed by atoms with Gasteiger partial charge in [0.05, 0.1) is 46.5 Å². The Kier molecular flexibility index (Phi) is 15.2. The lowest BCUT2D eigenvalue weighted by atomic mass is 9.85. The van der Waals surface area contributed by atoms with Gasteiger partial charge in [-0.2, -0.15) is 0 Å². The molecule has 0 aliphatic carbocycles. The summed E-state index contributed by atoms with van der Waals surface area (Å²) in [7, 11) is 0. The van der Waals surface area contributed by atoms with Gasteiger partial charge in [-0.05, 0) is 65.8 Å². The van der Waals surface area contributed by atoms with Crippen LogP contribution in [0.1, 0.15) is 60.8 Å². The molecule has 0 saturated carbocycles. The number of urea groups is 1. The van der Waals surface area contributed by atoms with Crippen molar-refractivity contribution in [2.24, 2.45) is 5.41 Å². The Hall–Kier alpha value is -7.20. The van der Waals surface area contributed by atoms with Gasteiger partial charge in [0.1, 0.15) is 29.7 Å². The van der Waals surface area contributed by atoms with Crippen LogP contribution in [0.2, 0.25) is 0 Å². The molecule has 7 heterocycles. The van der Waals surface area contributed by atoms with Crippen molar-refractivity contribution in [3.8, 4) is 21.6 Å². The van der Waals surface area contributed by atoms with E-state index in [1.54, 1.807) is 23.6 Å². The van der Waals surface area contributed by atoms with E-state index in [0.29, 0.717) is 29.7 Å². The Balaban J connectivity index is 0.694. The number of β-amino-alcohol motifs (C(OH)–C–C–N with tert-alkyl or cyclic N) is 1. The molecule has 4 aliphatic rings. The molecule has 5 N–H and O–H groups in total. The number of aliphatic hydroxyl groups is 1. The fourth-order valence-corrected chi connectivity index (χ4v) is 11.6. The molecule has 21 heteroatoms. The Morgan fingerprint density at radius 1 is 0.883 bits per heavy atom. The van der Waals surface area contributed by atoms with Gasteiger partial charge in [-0.1, -0.05) is 57.2 Å². The number of H-pyrrole nitrogens is 1. The van der Waals surface area contributed by atoms with E-state index in [9.17, 15) is 33.5 Å². The van der Waals surface area contributed by atoms with Gasteiger partial charge in [-0.15, -0.1) is 11.3 Å². The number of aromatic nitrogens is 3. The number of nitrogens with zero attached hydrogens (tertiary/aromatic N) is 7. The van der Waals surface area contributed by atoms with Gasteiger partial charge >= 0.3 is 6.03 Å². The van der Waals surface area contributed by atoms with Crippen molar-refractivity contribution < 1.29 is 42.3 Å². The summed E-state index contributed by atoms with van der Waals surface area (Å²) in [4.78, 5) is 90.0. The Labute approximate surface area is 447 Å². The molecule has 4 atom stereocenters. The lowest BCUT2D eigenvalue weighted by Gasteiger charge is -2.48. The fraction of sp³-hybridized carbons (Fsp3) is 0.411. The SMILES string of the molecule is Cc1ncsc1-c1ccc(CNC(=O)[C@@H]2C[C@@H](O)CN2C(=O)[C@@H](NC(=O)CN2CC(N3CCN(c4ccc(-c5cnc6[nH]cc(C(=O)c7c(F)ccc(NC(=O)N8CC[C@@H](F)C8)c7F)c6c5)cc4)CC3)C2)C(C)(C)C)cc1. The molecule has 3 aromatic heterocycles. The standard InChI is InChI=1S/C56H62F3N11O6S/c1-32-50(77-31-63-32)35-7-5-33(6-8-35)23-62-53(74)45-22-40(71)29-70(45)54(75)51(56(2,3)4)65-46(72)30-66-27-39(28-66)68-19-17-67(18-20-68)38-11-9-34(10-12-38)36-21-41-42(25-61-52(41)60-24-36)49(73)47-43(58)13-14-44(48(47)59)64-55(76)69-16-15-37(57)26-69/h5-14,21,24-25,31,37,39-40,45,51,71H,15-20,22-23,26-30H2,1-4H3,(H,60,61)(H,62,74)(H,64,76)(H,65,72)/t37-,40-,45+,51-/m1/s1. The number of aliphatic hydroxyl groups excluding tert-OH is 1. The third-order valence-corrected chi connectivity index (χ3v) is 16.1. The number of nitrogens with one attached hydrogen (secondary N) is 4. The normalized spacial score (nSPS) is 19.8. The van der Waals surface area contributed by atoms with E-state index in [4.69, 9.17) is 0 Å². The first-order valence-electron chi connectivity index (χ1n) is 25.9. The van der Waals surface area contributed by atoms with Gasteiger partial charge < -0.3 is 40.7 Å². The number of hydrogen-bond donors (Lipinski definition) is 5. The molecule has 17 nitrogen and oxygen atoms in total. The zero-order valence-corrected chi connectivity index (χ0v) is 44.1. The third kappa shape index (κ3) is 11.4. The van der Waals surface area contributed by atoms with E-state index in [-0.39, 0.29) is 69.0 Å². The van der Waals surface area contributed by atoms with Crippen molar-refractivity contribution in [2.45, 2.75) is 77.5 Å². The zero-order valence-electron chi connectivity index (χ0n) is 43.3. The molecule has 0 spiro atoms. The van der Waals surface area contributed by atoms with E-state index in [1.165, 1.54) is 16.0 Å². The van der Waals surface area contributed by atoms with Crippen molar-refractivity contribution in [3.63, 3.8) is 0 Å². The minimum atomic E-state index is -1.23. The smallest absolute Gasteiger partial charge is 0.322 e. The van der Waals surface area contributed by atoms with Gasteiger partial charge in [0.2, 0.25) is 23.5 Å². The number of fused-ring (bicyclic) bond motifs is 1. The van der Waals surface area contributed by atoms with E-state index >= 15 is 8.78 Å². The Bertz CT molecular complexity index is 3190. The molecule has 6 aromatic rings. The van der Waals surface area contributed by atoms with Crippen LogP contribution in [0.15, 0.2) is 84.6 Å². The van der Waals surface area contributed by atoms with Crippen LogP contribution in [-0.4, -0.2) is 165 Å². The number of anilines is 2. The number of carbonyl (C=O) groups is 5. The van der Waals surface area contributed by atoms with Gasteiger partial charge in [0.25, 0.3) is 0 Å². The highest BCUT2D eigenvalue weighted by molar-refractivity contribution is 7.13. The largest absolute Gasteiger partial charge is 0.391 e. The Morgan fingerprint density at radius 2 is 1.61 bits per heavy atom. The van der Waals surface area contributed by atoms with E-state index in [0.717, 1.165) is 71.3 Å². The maximum absolute atomic E-state index is 15.8. The summed E-state index contributed by atoms with van der Waals surface area (Å²) < 4.78 is 44.6. The number of carbonyl (C=O) groups excluding carboxylic acids is 5. The molecule has 4 aliphatic heterocycles. The zero-order chi connectivity index (χ0) is 54.3. The van der Waals surface area contributed by atoms with Crippen LogP contribution in [0.5, 0.6) is 0 Å². The van der Waals surface area contributed by atoms with Crippen LogP contribution < -0.4 is 20.9 Å². The lowest BCUT2D eigenvalue weighted by Crippen LogP contribution is -2.65. The fourth-order valence-electron chi connectivity index (χ4n) is 10.7. The first kappa shape index (κ1) is 53.2. The third-order valence-electron chi connectivity index (χ3n) is 15.2. The minimum Gasteiger partial charge on any atom is -0.391 e. The number of aryl methyl sites for hydroxylation is 1. The highest BCUT2D eigenvalue weighted by Gasteiger charge is 2.45. The van der Waals surface area contributed by atoms with Crippen LogP contribution in [0, 0.1) is 24.0 Å². The predicted octanol–water partition coefficient (Wildman–Crippen LogP) is 6.36. The summed E-state index contributed by atoms with van der Waals surface area (Å²) in [5, 5.41) is 19.3. The molecule has 5 amide bonds. The number of rotatable bonds is 14. The van der Waals surface area contributed by atoms with Crippen molar-refractivity contribution >= 4 is 63.3 Å². The highest BCUT2D eigenvalue weighted by atomic mass is 32.1. The van der Waals surface area contributed by atoms with Gasteiger partial charge in [-0.3, -0.25) is 29.0 Å². The number of aromatic amines is 1. The van der Waals surface area contributed by atoms with Gasteiger partial charge in [0, 0.05) is 106 Å². The van der Waals surface area contributed by atoms with Crippen LogP contribution in [0.4, 0.5) is 29.3 Å². The number of alkyl halides is 1. The van der Waals surface area contributed by atoms with Crippen LogP contribution >= 0.6 is 11.3 Å². The molecule has 77 heavy (non-hydrogen) atoms. The molecular formula is C56H62F3N11O6S. The number of pyridine rings is 1. The minimum absolute atomic E-state index is 0.00141. The second-order valence-corrected chi connectivity index (χ2v) is 22.4. The van der Waals surface area contributed by atoms with E-state index < -0.39 is 70.4 Å². The summed E-state index contributed by atoms with van der Waals surface area (Å²) in [5.41, 5.74) is 5.67. The molecule has 3 aromatic carbocycles. The molecule has 0 radical (unpaired) electrons. The van der Waals surface area contributed by atoms with Crippen molar-refractivity contribution in [1.82, 2.24) is 45.2 Å². The molecule has 4 fully saturated rings. The molecule has 0 unspecified atom stereocenters. The van der Waals surface area contributed by atoms with E-state index in [1.807, 2.05) is 81.7 Å². The van der Waals surface area contributed by atoms with Crippen molar-refractivity contribution in [3.05, 3.63) is 119 Å². The number of piperazine rings is 1. The van der Waals surface area contributed by atoms with Crippen LogP contribution in [0.3, 0.4) is 0 Å². The van der Waals surface area contributed by atoms with E-state index in [2.05, 4.69) is 45.6 Å². The number of ketones is 1. The summed E-state index contributed by atoms with van der Waals surface area (Å²) in [6.45, 7) is 12.6. The summed E-state index contributed by atoms with van der Waals surface area (Å²) in [5.74, 6) is -4.32. The van der Waals surface area contributed by atoms with Crippen molar-refractivity contribution in [1.29, 1.82) is 0 Å². The topological polar surface area (TPSA) is 199 Å². The molecule has 10 rings (SSSR count). The summed E-state index contributed by atoms with van der Waals surface area (Å²) in [6.07, 6.45) is 1.21. The molecule has 0 bridgehead atoms. The monoisotopic (exact) mass is 1070 g/mol. The maximum atomic E-state index is 15.8. The van der Waals surface area contributed by atoms with Crippen molar-refractivity contribution in [2.75, 3.05) is 75.7 Å². The number of amides is 5. The summed E-state index contributed by atoms with van der Waals surface area (Å²) >= 11 is 1.57. The first-order chi connectivity index (χ1) is 36.9. The Morgan fingerprint density at radius 3 is 2.29 bits per heavy atom. The van der Waals surface area contributed by atoms with Gasteiger partial charge in [-0.25, -0.2) is 27.9 Å². The molecular weight excluding hydrogens is 1010 g/mol. The quantitative estimate of drug-likeness (QED) is 0.0761. The van der Waals surface area contributed by atoms with Gasteiger partial charge in [0.15, 0.2) is 5.82 Å². The summed E-state index contributed by atoms with van der Waals surface area (Å²) in [6, 6.07) is 17.2. The number of halogens is 3. The number of thiazole rings is 1. The number of likely N-dealkylation sites (tertiary alicyclic amines) is 3. The average Bonchev–Trinajstić information content (AvgIpc) is 4.26. The maximum Gasteiger partial charge on any atom is 0.322 e. The second kappa shape index (κ2) is 22.0. The second-order valence-electron chi connectivity index (χ2n) is 21.6. The predicted molar refractivity (Wildman–Crippen MR) is 287 cm³/mol. The molecule has 404 valence electrons. The molecule has 4 saturated heterocycles. The first-order valence-corrected chi connectivity index (χ1v) is 26.8. The lowest BCUT2D eigenvalue weighted by molar-refractivity contribution is -0.144. The number of benzene rings is 3. The highest BCUT2D eigenvalue weighted by Crippen LogP contribution is 2.33.